The second-order valence-electron chi connectivity index (χ2n) is 5.90. The standard InChI is InChI=1S/C20H22N4O2/c1-3-24(4-2)18-13-16-15(22-20(26)23-16)12-17(18)21-19(25)11-10-14-8-6-5-7-9-14/h5-13H,3-4H2,1-2H3,(H,21,25)(H2,22,23,26)/b11-10+. The number of carbonyl (C=O) groups excluding carboxylic acids is 1. The highest BCUT2D eigenvalue weighted by atomic mass is 16.1. The van der Waals surface area contributed by atoms with Crippen LogP contribution in [0.3, 0.4) is 0 Å². The normalized spacial score (nSPS) is 11.2. The van der Waals surface area contributed by atoms with Crippen LogP contribution in [0.4, 0.5) is 11.4 Å². The van der Waals surface area contributed by atoms with E-state index in [1.54, 1.807) is 12.1 Å². The summed E-state index contributed by atoms with van der Waals surface area (Å²) in [5.74, 6) is -0.223. The van der Waals surface area contributed by atoms with E-state index in [-0.39, 0.29) is 11.6 Å². The topological polar surface area (TPSA) is 81.0 Å². The van der Waals surface area contributed by atoms with Gasteiger partial charge in [0.15, 0.2) is 0 Å². The van der Waals surface area contributed by atoms with Gasteiger partial charge in [0.1, 0.15) is 0 Å². The number of amides is 1. The maximum atomic E-state index is 12.4. The number of anilines is 2. The molecule has 0 saturated carbocycles. The van der Waals surface area contributed by atoms with Gasteiger partial charge >= 0.3 is 5.69 Å². The van der Waals surface area contributed by atoms with Crippen LogP contribution in [0.15, 0.2) is 53.3 Å². The Morgan fingerprint density at radius 1 is 1.08 bits per heavy atom. The molecular formula is C20H22N4O2. The maximum absolute atomic E-state index is 12.4. The number of nitrogens with zero attached hydrogens (tertiary/aromatic N) is 1. The molecule has 2 aromatic carbocycles. The summed E-state index contributed by atoms with van der Waals surface area (Å²) in [5, 5.41) is 2.93. The van der Waals surface area contributed by atoms with Gasteiger partial charge in [0.2, 0.25) is 5.91 Å². The van der Waals surface area contributed by atoms with Gasteiger partial charge < -0.3 is 20.2 Å². The van der Waals surface area contributed by atoms with Crippen molar-refractivity contribution in [1.82, 2.24) is 9.97 Å². The number of H-pyrrole nitrogens is 2. The molecule has 0 saturated heterocycles. The van der Waals surface area contributed by atoms with Crippen molar-refractivity contribution in [3.63, 3.8) is 0 Å². The molecule has 0 spiro atoms. The third-order valence-electron chi connectivity index (χ3n) is 4.22. The minimum absolute atomic E-state index is 0.223. The molecule has 6 heteroatoms. The molecule has 3 aromatic rings. The quantitative estimate of drug-likeness (QED) is 0.596. The lowest BCUT2D eigenvalue weighted by Gasteiger charge is -2.24. The van der Waals surface area contributed by atoms with Gasteiger partial charge in [-0.25, -0.2) is 4.79 Å². The number of hydrogen-bond donors (Lipinski definition) is 3. The molecule has 1 heterocycles. The molecule has 0 aliphatic carbocycles. The first-order valence-corrected chi connectivity index (χ1v) is 8.65. The largest absolute Gasteiger partial charge is 0.370 e. The first-order valence-electron chi connectivity index (χ1n) is 8.65. The van der Waals surface area contributed by atoms with Gasteiger partial charge in [-0.05, 0) is 37.6 Å². The third-order valence-corrected chi connectivity index (χ3v) is 4.22. The molecule has 0 bridgehead atoms. The summed E-state index contributed by atoms with van der Waals surface area (Å²) in [7, 11) is 0. The van der Waals surface area contributed by atoms with Crippen LogP contribution in [0.5, 0.6) is 0 Å². The van der Waals surface area contributed by atoms with Crippen LogP contribution >= 0.6 is 0 Å². The van der Waals surface area contributed by atoms with E-state index in [9.17, 15) is 9.59 Å². The predicted octanol–water partition coefficient (Wildman–Crippen LogP) is 3.35. The fourth-order valence-electron chi connectivity index (χ4n) is 2.91. The molecule has 6 nitrogen and oxygen atoms in total. The average molecular weight is 350 g/mol. The third kappa shape index (κ3) is 3.85. The minimum atomic E-state index is -0.266. The second kappa shape index (κ2) is 7.74. The average Bonchev–Trinajstić information content (AvgIpc) is 3.01. The zero-order chi connectivity index (χ0) is 18.5. The second-order valence-corrected chi connectivity index (χ2v) is 5.90. The molecule has 0 aliphatic rings. The van der Waals surface area contributed by atoms with Crippen LogP contribution in [0.2, 0.25) is 0 Å². The first-order chi connectivity index (χ1) is 12.6. The molecule has 0 fully saturated rings. The van der Waals surface area contributed by atoms with Gasteiger partial charge in [0.25, 0.3) is 0 Å². The lowest BCUT2D eigenvalue weighted by Crippen LogP contribution is -2.23. The van der Waals surface area contributed by atoms with E-state index in [0.717, 1.165) is 29.9 Å². The lowest BCUT2D eigenvalue weighted by molar-refractivity contribution is -0.111. The zero-order valence-corrected chi connectivity index (χ0v) is 14.9. The SMILES string of the molecule is CCN(CC)c1cc2[nH]c(=O)[nH]c2cc1NC(=O)/C=C/c1ccccc1. The van der Waals surface area contributed by atoms with Crippen molar-refractivity contribution in [2.45, 2.75) is 13.8 Å². The monoisotopic (exact) mass is 350 g/mol. The van der Waals surface area contributed by atoms with Gasteiger partial charge in [-0.1, -0.05) is 30.3 Å². The van der Waals surface area contributed by atoms with E-state index in [2.05, 4.69) is 34.0 Å². The van der Waals surface area contributed by atoms with E-state index < -0.39 is 0 Å². The van der Waals surface area contributed by atoms with Crippen molar-refractivity contribution in [1.29, 1.82) is 0 Å². The van der Waals surface area contributed by atoms with Crippen LogP contribution in [0, 0.1) is 0 Å². The molecule has 0 aliphatic heterocycles. The summed E-state index contributed by atoms with van der Waals surface area (Å²) >= 11 is 0. The van der Waals surface area contributed by atoms with Crippen molar-refractivity contribution in [3.8, 4) is 0 Å². The molecule has 134 valence electrons. The number of aromatic nitrogens is 2. The molecule has 3 rings (SSSR count). The minimum Gasteiger partial charge on any atom is -0.370 e. The molecule has 1 amide bonds. The number of imidazole rings is 1. The van der Waals surface area contributed by atoms with Crippen LogP contribution < -0.4 is 15.9 Å². The van der Waals surface area contributed by atoms with Crippen LogP contribution in [-0.4, -0.2) is 29.0 Å². The molecule has 3 N–H and O–H groups in total. The Morgan fingerprint density at radius 3 is 2.38 bits per heavy atom. The van der Waals surface area contributed by atoms with Crippen molar-refractivity contribution >= 4 is 34.4 Å². The fourth-order valence-corrected chi connectivity index (χ4v) is 2.91. The number of aromatic amines is 2. The van der Waals surface area contributed by atoms with Gasteiger partial charge in [-0.15, -0.1) is 0 Å². The Hall–Kier alpha value is -3.28. The molecular weight excluding hydrogens is 328 g/mol. The highest BCUT2D eigenvalue weighted by Crippen LogP contribution is 2.29. The number of nitrogens with one attached hydrogen (secondary N) is 3. The molecule has 1 aromatic heterocycles. The van der Waals surface area contributed by atoms with Gasteiger partial charge in [-0.2, -0.15) is 0 Å². The van der Waals surface area contributed by atoms with Crippen molar-refractivity contribution in [2.75, 3.05) is 23.3 Å². The molecule has 26 heavy (non-hydrogen) atoms. The number of fused-ring (bicyclic) bond motifs is 1. The van der Waals surface area contributed by atoms with Gasteiger partial charge in [-0.3, -0.25) is 4.79 Å². The summed E-state index contributed by atoms with van der Waals surface area (Å²) in [5.41, 5.74) is 3.61. The van der Waals surface area contributed by atoms with E-state index in [4.69, 9.17) is 0 Å². The summed E-state index contributed by atoms with van der Waals surface area (Å²) in [4.78, 5) is 31.6. The molecule has 0 atom stereocenters. The highest BCUT2D eigenvalue weighted by Gasteiger charge is 2.13. The lowest BCUT2D eigenvalue weighted by atomic mass is 10.2. The van der Waals surface area contributed by atoms with E-state index in [0.29, 0.717) is 11.2 Å². The zero-order valence-electron chi connectivity index (χ0n) is 14.9. The van der Waals surface area contributed by atoms with Crippen molar-refractivity contribution in [3.05, 3.63) is 64.6 Å². The smallest absolute Gasteiger partial charge is 0.323 e. The first kappa shape index (κ1) is 17.5. The van der Waals surface area contributed by atoms with E-state index in [1.165, 1.54) is 6.08 Å². The molecule has 0 unspecified atom stereocenters. The van der Waals surface area contributed by atoms with Crippen LogP contribution in [-0.2, 0) is 4.79 Å². The number of benzene rings is 2. The Labute approximate surface area is 151 Å². The fraction of sp³-hybridized carbons (Fsp3) is 0.200. The van der Waals surface area contributed by atoms with E-state index >= 15 is 0 Å². The number of rotatable bonds is 6. The Morgan fingerprint density at radius 2 is 1.73 bits per heavy atom. The van der Waals surface area contributed by atoms with Crippen LogP contribution in [0.25, 0.3) is 17.1 Å². The Bertz CT molecular complexity index is 982. The van der Waals surface area contributed by atoms with E-state index in [1.807, 2.05) is 36.4 Å². The highest BCUT2D eigenvalue weighted by molar-refractivity contribution is 6.05. The van der Waals surface area contributed by atoms with Crippen molar-refractivity contribution < 1.29 is 4.79 Å². The number of hydrogen-bond acceptors (Lipinski definition) is 3. The Kier molecular flexibility index (Phi) is 5.22. The van der Waals surface area contributed by atoms with Crippen molar-refractivity contribution in [2.24, 2.45) is 0 Å². The summed E-state index contributed by atoms with van der Waals surface area (Å²) in [6.45, 7) is 5.68. The van der Waals surface area contributed by atoms with Gasteiger partial charge in [0, 0.05) is 19.2 Å². The maximum Gasteiger partial charge on any atom is 0.323 e. The summed E-state index contributed by atoms with van der Waals surface area (Å²) in [6, 6.07) is 13.3. The summed E-state index contributed by atoms with van der Waals surface area (Å²) < 4.78 is 0. The molecule has 0 radical (unpaired) electrons. The van der Waals surface area contributed by atoms with Gasteiger partial charge in [0.05, 0.1) is 22.4 Å². The number of carbonyl (C=O) groups is 1. The predicted molar refractivity (Wildman–Crippen MR) is 107 cm³/mol. The van der Waals surface area contributed by atoms with Crippen LogP contribution in [0.1, 0.15) is 19.4 Å². The Balaban J connectivity index is 1.91. The summed E-state index contributed by atoms with van der Waals surface area (Å²) in [6.07, 6.45) is 3.27.